The van der Waals surface area contributed by atoms with Crippen LogP contribution in [-0.2, 0) is 21.1 Å². The SMILES string of the molecule is CC1=Cc2ccccc2[CH]1[Zr]([O]c1cccc(Br)c1)([O]c1cccc(Br)c1)[CH]1C(C)=Cc2ccccc21. The second-order valence-corrected chi connectivity index (χ2v) is 19.0. The number of benzene rings is 4. The molecule has 5 heteroatoms. The normalized spacial score (nSPS) is 18.1. The Bertz CT molecular complexity index is 1440. The standard InChI is InChI=1S/2C10H9.2C6H5BrO.Zr/c2*1-8-6-9-4-2-3-5-10(9)7-8;2*7-5-2-1-3-6(8)4-5;/h2*2-7H,1H3;2*1-4,8H;/q;;;;+2/p-2. The van der Waals surface area contributed by atoms with E-state index >= 15 is 0 Å². The van der Waals surface area contributed by atoms with Crippen LogP contribution in [0.2, 0.25) is 0 Å². The van der Waals surface area contributed by atoms with Crippen molar-refractivity contribution in [3.05, 3.63) is 139 Å². The Kier molecular flexibility index (Phi) is 6.90. The van der Waals surface area contributed by atoms with E-state index in [9.17, 15) is 0 Å². The van der Waals surface area contributed by atoms with Gasteiger partial charge >= 0.3 is 243 Å². The van der Waals surface area contributed by atoms with E-state index < -0.39 is 21.1 Å². The Balaban J connectivity index is 1.64. The molecule has 184 valence electrons. The third-order valence-corrected chi connectivity index (χ3v) is 18.7. The molecule has 0 N–H and O–H groups in total. The van der Waals surface area contributed by atoms with Crippen LogP contribution in [0.1, 0.15) is 43.4 Å². The molecule has 0 amide bonds. The Morgan fingerprint density at radius 3 is 1.43 bits per heavy atom. The van der Waals surface area contributed by atoms with Gasteiger partial charge in [-0.3, -0.25) is 0 Å². The molecule has 0 fully saturated rings. The van der Waals surface area contributed by atoms with E-state index in [0.29, 0.717) is 0 Å². The van der Waals surface area contributed by atoms with Gasteiger partial charge in [0.05, 0.1) is 0 Å². The summed E-state index contributed by atoms with van der Waals surface area (Å²) >= 11 is 2.95. The summed E-state index contributed by atoms with van der Waals surface area (Å²) in [5.74, 6) is 1.68. The summed E-state index contributed by atoms with van der Waals surface area (Å²) in [6, 6.07) is 33.8. The third-order valence-electron chi connectivity index (χ3n) is 7.24. The zero-order valence-electron chi connectivity index (χ0n) is 20.6. The van der Waals surface area contributed by atoms with Crippen LogP contribution in [0, 0.1) is 0 Å². The van der Waals surface area contributed by atoms with Crippen molar-refractivity contribution in [2.75, 3.05) is 0 Å². The second kappa shape index (κ2) is 10.2. The zero-order valence-corrected chi connectivity index (χ0v) is 26.2. The topological polar surface area (TPSA) is 18.5 Å². The Labute approximate surface area is 240 Å². The maximum atomic E-state index is 7.41. The van der Waals surface area contributed by atoms with Gasteiger partial charge in [-0.15, -0.1) is 0 Å². The van der Waals surface area contributed by atoms with Crippen LogP contribution in [0.15, 0.2) is 117 Å². The first kappa shape index (κ1) is 25.1. The van der Waals surface area contributed by atoms with Crippen LogP contribution in [0.5, 0.6) is 11.5 Å². The van der Waals surface area contributed by atoms with Crippen LogP contribution in [0.4, 0.5) is 0 Å². The summed E-state index contributed by atoms with van der Waals surface area (Å²) in [7, 11) is 0. The van der Waals surface area contributed by atoms with Crippen molar-refractivity contribution in [1.82, 2.24) is 0 Å². The summed E-state index contributed by atoms with van der Waals surface area (Å²) in [5, 5.41) is 0. The first-order valence-corrected chi connectivity index (χ1v) is 18.8. The summed E-state index contributed by atoms with van der Waals surface area (Å²) < 4.78 is 16.9. The molecule has 0 radical (unpaired) electrons. The number of halogens is 2. The molecule has 0 spiro atoms. The summed E-state index contributed by atoms with van der Waals surface area (Å²) in [6.07, 6.45) is 4.64. The molecular weight excluding hydrogens is 667 g/mol. The van der Waals surface area contributed by atoms with E-state index in [0.717, 1.165) is 20.4 Å². The van der Waals surface area contributed by atoms with Gasteiger partial charge in [-0.25, -0.2) is 0 Å². The van der Waals surface area contributed by atoms with Crippen molar-refractivity contribution >= 4 is 44.0 Å². The van der Waals surface area contributed by atoms with Gasteiger partial charge in [0.25, 0.3) is 0 Å². The van der Waals surface area contributed by atoms with Gasteiger partial charge in [-0.05, 0) is 0 Å². The van der Waals surface area contributed by atoms with Crippen molar-refractivity contribution in [2.24, 2.45) is 0 Å². The molecule has 0 bridgehead atoms. The molecule has 0 saturated carbocycles. The molecule has 37 heavy (non-hydrogen) atoms. The molecule has 2 nitrogen and oxygen atoms in total. The van der Waals surface area contributed by atoms with Gasteiger partial charge in [0.15, 0.2) is 0 Å². The Morgan fingerprint density at radius 1 is 0.568 bits per heavy atom. The van der Waals surface area contributed by atoms with Crippen LogP contribution >= 0.6 is 31.9 Å². The number of hydrogen-bond acceptors (Lipinski definition) is 2. The van der Waals surface area contributed by atoms with Gasteiger partial charge in [0.1, 0.15) is 0 Å². The summed E-state index contributed by atoms with van der Waals surface area (Å²) in [6.45, 7) is 4.48. The van der Waals surface area contributed by atoms with Crippen LogP contribution < -0.4 is 5.63 Å². The molecule has 2 unspecified atom stereocenters. The van der Waals surface area contributed by atoms with E-state index in [2.05, 4.69) is 131 Å². The van der Waals surface area contributed by atoms with E-state index in [1.165, 1.54) is 33.4 Å². The second-order valence-electron chi connectivity index (χ2n) is 9.74. The summed E-state index contributed by atoms with van der Waals surface area (Å²) in [5.41, 5.74) is 7.73. The first-order chi connectivity index (χ1) is 17.9. The number of allylic oxidation sites excluding steroid dienone is 2. The Hall–Kier alpha value is -2.20. The van der Waals surface area contributed by atoms with Gasteiger partial charge in [-0.1, -0.05) is 0 Å². The molecule has 2 aliphatic rings. The van der Waals surface area contributed by atoms with Crippen molar-refractivity contribution < 1.29 is 26.8 Å². The van der Waals surface area contributed by atoms with Crippen LogP contribution in [-0.4, -0.2) is 0 Å². The fourth-order valence-corrected chi connectivity index (χ4v) is 18.1. The number of hydrogen-bond donors (Lipinski definition) is 0. The van der Waals surface area contributed by atoms with E-state index in [1.54, 1.807) is 0 Å². The number of fused-ring (bicyclic) bond motifs is 2. The predicted octanol–water partition coefficient (Wildman–Crippen LogP) is 9.97. The van der Waals surface area contributed by atoms with Crippen molar-refractivity contribution in [1.29, 1.82) is 0 Å². The van der Waals surface area contributed by atoms with E-state index in [1.807, 2.05) is 24.3 Å². The molecule has 2 aliphatic carbocycles. The van der Waals surface area contributed by atoms with Gasteiger partial charge in [0, 0.05) is 0 Å². The predicted molar refractivity (Wildman–Crippen MR) is 155 cm³/mol. The van der Waals surface area contributed by atoms with Gasteiger partial charge in [0.2, 0.25) is 0 Å². The Morgan fingerprint density at radius 2 is 1.00 bits per heavy atom. The maximum absolute atomic E-state index is 7.41. The van der Waals surface area contributed by atoms with E-state index in [4.69, 9.17) is 5.63 Å². The average molecular weight is 694 g/mol. The van der Waals surface area contributed by atoms with Crippen molar-refractivity contribution in [3.8, 4) is 11.5 Å². The minimum atomic E-state index is -4.37. The van der Waals surface area contributed by atoms with Gasteiger partial charge in [-0.2, -0.15) is 0 Å². The fraction of sp³-hybridized carbons (Fsp3) is 0.125. The number of rotatable bonds is 6. The quantitative estimate of drug-likeness (QED) is 0.200. The minimum absolute atomic E-state index is 0.0722. The molecule has 4 aromatic carbocycles. The fourth-order valence-electron chi connectivity index (χ4n) is 5.88. The molecule has 6 rings (SSSR count). The zero-order chi connectivity index (χ0) is 25.6. The average Bonchev–Trinajstić information content (AvgIpc) is 3.39. The molecule has 0 aliphatic heterocycles. The molecule has 2 atom stereocenters. The molecule has 4 aromatic rings. The summed E-state index contributed by atoms with van der Waals surface area (Å²) in [4.78, 5) is 0. The van der Waals surface area contributed by atoms with Gasteiger partial charge < -0.3 is 0 Å². The van der Waals surface area contributed by atoms with Crippen LogP contribution in [0.3, 0.4) is 0 Å². The third kappa shape index (κ3) is 4.64. The first-order valence-electron chi connectivity index (χ1n) is 12.4. The monoisotopic (exact) mass is 690 g/mol. The van der Waals surface area contributed by atoms with Crippen molar-refractivity contribution in [2.45, 2.75) is 21.1 Å². The van der Waals surface area contributed by atoms with E-state index in [-0.39, 0.29) is 7.25 Å². The van der Waals surface area contributed by atoms with Crippen LogP contribution in [0.25, 0.3) is 12.2 Å². The molecule has 0 heterocycles. The molecule has 0 saturated heterocycles. The molecule has 0 aromatic heterocycles. The molecular formula is C32H26Br2O2Zr. The van der Waals surface area contributed by atoms with Crippen molar-refractivity contribution in [3.63, 3.8) is 0 Å².